The number of rotatable bonds is 5. The predicted molar refractivity (Wildman–Crippen MR) is 108 cm³/mol. The lowest BCUT2D eigenvalue weighted by molar-refractivity contribution is 0.0793. The average molecular weight is 382 g/mol. The summed E-state index contributed by atoms with van der Waals surface area (Å²) < 4.78 is 13.1. The standard InChI is InChI=1S/C22H27FN4O/c23-18-9-7-17(8-10-18)15-26-12-4-5-19(16-26)25-21-20(6-3-11-24-21)22(28)27-13-1-2-14-27/h3,6-11,19H,1-2,4-5,12-16H2,(H,24,25). The number of nitrogens with one attached hydrogen (secondary N) is 1. The highest BCUT2D eigenvalue weighted by Gasteiger charge is 2.25. The van der Waals surface area contributed by atoms with Crippen molar-refractivity contribution in [3.63, 3.8) is 0 Å². The molecule has 28 heavy (non-hydrogen) atoms. The fourth-order valence-electron chi connectivity index (χ4n) is 4.14. The second kappa shape index (κ2) is 8.69. The Labute approximate surface area is 165 Å². The van der Waals surface area contributed by atoms with Crippen LogP contribution in [-0.2, 0) is 6.54 Å². The summed E-state index contributed by atoms with van der Waals surface area (Å²) >= 11 is 0. The molecule has 1 aromatic carbocycles. The molecule has 4 rings (SSSR count). The summed E-state index contributed by atoms with van der Waals surface area (Å²) in [6.45, 7) is 4.38. The molecule has 0 radical (unpaired) electrons. The van der Waals surface area contributed by atoms with Crippen molar-refractivity contribution in [2.75, 3.05) is 31.5 Å². The molecule has 0 saturated carbocycles. The number of likely N-dealkylation sites (tertiary alicyclic amines) is 2. The van der Waals surface area contributed by atoms with E-state index in [1.807, 2.05) is 29.2 Å². The molecule has 2 aliphatic heterocycles. The van der Waals surface area contributed by atoms with Crippen molar-refractivity contribution in [2.24, 2.45) is 0 Å². The molecular formula is C22H27FN4O. The SMILES string of the molecule is O=C(c1cccnc1NC1CCCN(Cc2ccc(F)cc2)C1)N1CCCC1. The molecule has 5 nitrogen and oxygen atoms in total. The number of anilines is 1. The van der Waals surface area contributed by atoms with Crippen LogP contribution in [0.4, 0.5) is 10.2 Å². The smallest absolute Gasteiger partial charge is 0.257 e. The van der Waals surface area contributed by atoms with Crippen molar-refractivity contribution in [1.29, 1.82) is 0 Å². The zero-order chi connectivity index (χ0) is 19.3. The van der Waals surface area contributed by atoms with E-state index in [0.717, 1.165) is 64.0 Å². The van der Waals surface area contributed by atoms with E-state index in [2.05, 4.69) is 15.2 Å². The first-order valence-electron chi connectivity index (χ1n) is 10.2. The van der Waals surface area contributed by atoms with Crippen molar-refractivity contribution >= 4 is 11.7 Å². The van der Waals surface area contributed by atoms with E-state index in [0.29, 0.717) is 11.4 Å². The Bertz CT molecular complexity index is 804. The monoisotopic (exact) mass is 382 g/mol. The maximum Gasteiger partial charge on any atom is 0.257 e. The van der Waals surface area contributed by atoms with Crippen LogP contribution in [0.3, 0.4) is 0 Å². The largest absolute Gasteiger partial charge is 0.365 e. The Hall–Kier alpha value is -2.47. The molecule has 0 spiro atoms. The van der Waals surface area contributed by atoms with E-state index in [-0.39, 0.29) is 17.8 Å². The van der Waals surface area contributed by atoms with Gasteiger partial charge in [0.1, 0.15) is 11.6 Å². The van der Waals surface area contributed by atoms with Crippen LogP contribution in [0.15, 0.2) is 42.6 Å². The van der Waals surface area contributed by atoms with Gasteiger partial charge in [0.05, 0.1) is 5.56 Å². The topological polar surface area (TPSA) is 48.5 Å². The summed E-state index contributed by atoms with van der Waals surface area (Å²) in [7, 11) is 0. The van der Waals surface area contributed by atoms with Crippen molar-refractivity contribution in [2.45, 2.75) is 38.3 Å². The quantitative estimate of drug-likeness (QED) is 0.859. The summed E-state index contributed by atoms with van der Waals surface area (Å²) in [4.78, 5) is 21.6. The summed E-state index contributed by atoms with van der Waals surface area (Å²) in [6, 6.07) is 10.7. The second-order valence-corrected chi connectivity index (χ2v) is 7.74. The molecule has 1 atom stereocenters. The molecule has 148 valence electrons. The van der Waals surface area contributed by atoms with Gasteiger partial charge in [-0.3, -0.25) is 9.69 Å². The number of aromatic nitrogens is 1. The number of carbonyl (C=O) groups is 1. The molecule has 0 bridgehead atoms. The molecule has 2 aromatic rings. The molecule has 1 N–H and O–H groups in total. The molecule has 1 unspecified atom stereocenters. The summed E-state index contributed by atoms with van der Waals surface area (Å²) in [6.07, 6.45) is 6.03. The van der Waals surface area contributed by atoms with Crippen LogP contribution in [0.2, 0.25) is 0 Å². The second-order valence-electron chi connectivity index (χ2n) is 7.74. The molecule has 2 fully saturated rings. The van der Waals surface area contributed by atoms with Crippen molar-refractivity contribution in [3.05, 3.63) is 59.5 Å². The fourth-order valence-corrected chi connectivity index (χ4v) is 4.14. The van der Waals surface area contributed by atoms with Gasteiger partial charge < -0.3 is 10.2 Å². The molecule has 1 amide bonds. The van der Waals surface area contributed by atoms with Gasteiger partial charge >= 0.3 is 0 Å². The number of hydrogen-bond donors (Lipinski definition) is 1. The highest BCUT2D eigenvalue weighted by Crippen LogP contribution is 2.22. The minimum Gasteiger partial charge on any atom is -0.365 e. The zero-order valence-corrected chi connectivity index (χ0v) is 16.1. The Morgan fingerprint density at radius 1 is 1.11 bits per heavy atom. The third-order valence-corrected chi connectivity index (χ3v) is 5.60. The van der Waals surface area contributed by atoms with Gasteiger partial charge in [-0.15, -0.1) is 0 Å². The highest BCUT2D eigenvalue weighted by molar-refractivity contribution is 5.98. The molecular weight excluding hydrogens is 355 g/mol. The molecule has 0 aliphatic carbocycles. The number of benzene rings is 1. The Kier molecular flexibility index (Phi) is 5.86. The third kappa shape index (κ3) is 4.50. The van der Waals surface area contributed by atoms with Crippen molar-refractivity contribution in [1.82, 2.24) is 14.8 Å². The maximum atomic E-state index is 13.1. The van der Waals surface area contributed by atoms with Crippen molar-refractivity contribution < 1.29 is 9.18 Å². The fraction of sp³-hybridized carbons (Fsp3) is 0.455. The van der Waals surface area contributed by atoms with E-state index >= 15 is 0 Å². The van der Waals surface area contributed by atoms with Gasteiger partial charge in [-0.25, -0.2) is 9.37 Å². The molecule has 1 aromatic heterocycles. The third-order valence-electron chi connectivity index (χ3n) is 5.60. The van der Waals surface area contributed by atoms with E-state index < -0.39 is 0 Å². The first kappa shape index (κ1) is 18.9. The predicted octanol–water partition coefficient (Wildman–Crippen LogP) is 3.53. The van der Waals surface area contributed by atoms with Crippen LogP contribution in [0.5, 0.6) is 0 Å². The van der Waals surface area contributed by atoms with E-state index in [1.54, 1.807) is 6.20 Å². The van der Waals surface area contributed by atoms with Gasteiger partial charge in [-0.05, 0) is 62.1 Å². The van der Waals surface area contributed by atoms with Gasteiger partial charge in [0.15, 0.2) is 0 Å². The Balaban J connectivity index is 1.41. The number of hydrogen-bond acceptors (Lipinski definition) is 4. The van der Waals surface area contributed by atoms with Gasteiger partial charge in [0, 0.05) is 38.4 Å². The van der Waals surface area contributed by atoms with E-state index in [9.17, 15) is 9.18 Å². The Morgan fingerprint density at radius 3 is 2.68 bits per heavy atom. The van der Waals surface area contributed by atoms with E-state index in [4.69, 9.17) is 0 Å². The number of carbonyl (C=O) groups excluding carboxylic acids is 1. The first-order chi connectivity index (χ1) is 13.7. The molecule has 6 heteroatoms. The van der Waals surface area contributed by atoms with Crippen molar-refractivity contribution in [3.8, 4) is 0 Å². The van der Waals surface area contributed by atoms with Gasteiger partial charge in [0.2, 0.25) is 0 Å². The maximum absolute atomic E-state index is 13.1. The molecule has 2 saturated heterocycles. The Morgan fingerprint density at radius 2 is 1.89 bits per heavy atom. The minimum atomic E-state index is -0.202. The number of pyridine rings is 1. The lowest BCUT2D eigenvalue weighted by Crippen LogP contribution is -2.42. The number of nitrogens with zero attached hydrogens (tertiary/aromatic N) is 3. The summed E-state index contributed by atoms with van der Waals surface area (Å²) in [5.41, 5.74) is 1.78. The van der Waals surface area contributed by atoms with Gasteiger partial charge in [0.25, 0.3) is 5.91 Å². The van der Waals surface area contributed by atoms with Crippen LogP contribution >= 0.6 is 0 Å². The van der Waals surface area contributed by atoms with Crippen LogP contribution in [0.25, 0.3) is 0 Å². The zero-order valence-electron chi connectivity index (χ0n) is 16.1. The summed E-state index contributed by atoms with van der Waals surface area (Å²) in [5.74, 6) is 0.562. The molecule has 3 heterocycles. The number of amides is 1. The van der Waals surface area contributed by atoms with Gasteiger partial charge in [-0.2, -0.15) is 0 Å². The van der Waals surface area contributed by atoms with Crippen LogP contribution in [0.1, 0.15) is 41.6 Å². The molecule has 2 aliphatic rings. The highest BCUT2D eigenvalue weighted by atomic mass is 19.1. The first-order valence-corrected chi connectivity index (χ1v) is 10.2. The normalized spacial score (nSPS) is 20.3. The number of halogens is 1. The van der Waals surface area contributed by atoms with Crippen LogP contribution in [0, 0.1) is 5.82 Å². The number of piperidine rings is 1. The average Bonchev–Trinajstić information content (AvgIpc) is 3.25. The minimum absolute atomic E-state index is 0.0760. The van der Waals surface area contributed by atoms with E-state index in [1.165, 1.54) is 12.1 Å². The van der Waals surface area contributed by atoms with Crippen LogP contribution < -0.4 is 5.32 Å². The lowest BCUT2D eigenvalue weighted by Gasteiger charge is -2.33. The van der Waals surface area contributed by atoms with Crippen LogP contribution in [-0.4, -0.2) is 52.9 Å². The van der Waals surface area contributed by atoms with Gasteiger partial charge in [-0.1, -0.05) is 12.1 Å². The lowest BCUT2D eigenvalue weighted by atomic mass is 10.0. The summed E-state index contributed by atoms with van der Waals surface area (Å²) in [5, 5.41) is 3.52.